The average Bonchev–Trinajstić information content (AvgIpc) is 2.59. The van der Waals surface area contributed by atoms with Crippen LogP contribution in [0.4, 0.5) is 0 Å². The molecule has 0 aromatic rings. The minimum Gasteiger partial charge on any atom is -0.378 e. The fourth-order valence-electron chi connectivity index (χ4n) is 4.92. The van der Waals surface area contributed by atoms with E-state index in [4.69, 9.17) is 4.74 Å². The second kappa shape index (κ2) is 11.5. The summed E-state index contributed by atoms with van der Waals surface area (Å²) >= 11 is 0. The first-order valence-electron chi connectivity index (χ1n) is 10.9. The van der Waals surface area contributed by atoms with Crippen LogP contribution < -0.4 is 0 Å². The molecular weight excluding hydrogens is 280 g/mol. The van der Waals surface area contributed by atoms with E-state index < -0.39 is 0 Å². The Morgan fingerprint density at radius 3 is 1.70 bits per heavy atom. The minimum absolute atomic E-state index is 0.591. The lowest BCUT2D eigenvalue weighted by Gasteiger charge is -2.30. The number of unbranched alkanes of at least 4 members (excludes halogenated alkanes) is 1. The molecule has 136 valence electrons. The van der Waals surface area contributed by atoms with Gasteiger partial charge in [-0.1, -0.05) is 71.6 Å². The molecule has 2 rings (SSSR count). The van der Waals surface area contributed by atoms with Gasteiger partial charge >= 0.3 is 0 Å². The highest BCUT2D eigenvalue weighted by Crippen LogP contribution is 2.34. The Balaban J connectivity index is 1.46. The van der Waals surface area contributed by atoms with Crippen LogP contribution in [-0.4, -0.2) is 12.7 Å². The summed E-state index contributed by atoms with van der Waals surface area (Å²) in [7, 11) is 0. The molecule has 0 radical (unpaired) electrons. The second-order valence-corrected chi connectivity index (χ2v) is 8.47. The van der Waals surface area contributed by atoms with Gasteiger partial charge in [0, 0.05) is 6.61 Å². The third kappa shape index (κ3) is 7.59. The molecule has 0 bridgehead atoms. The summed E-state index contributed by atoms with van der Waals surface area (Å²) in [5.41, 5.74) is 0. The van der Waals surface area contributed by atoms with Gasteiger partial charge in [0.2, 0.25) is 0 Å². The molecule has 0 amide bonds. The van der Waals surface area contributed by atoms with Gasteiger partial charge in [0.25, 0.3) is 0 Å². The number of rotatable bonds is 10. The van der Waals surface area contributed by atoms with Crippen LogP contribution >= 0.6 is 0 Å². The van der Waals surface area contributed by atoms with Gasteiger partial charge in [-0.2, -0.15) is 0 Å². The van der Waals surface area contributed by atoms with Crippen LogP contribution in [-0.2, 0) is 4.74 Å². The Bertz CT molecular complexity index is 272. The van der Waals surface area contributed by atoms with E-state index >= 15 is 0 Å². The van der Waals surface area contributed by atoms with Crippen molar-refractivity contribution in [1.29, 1.82) is 0 Å². The van der Waals surface area contributed by atoms with Gasteiger partial charge in [-0.3, -0.25) is 0 Å². The lowest BCUT2D eigenvalue weighted by Crippen LogP contribution is -2.22. The fraction of sp³-hybridized carbons (Fsp3) is 1.00. The average molecular weight is 323 g/mol. The first kappa shape index (κ1) is 19.3. The number of hydrogen-bond donors (Lipinski definition) is 0. The molecule has 0 saturated heterocycles. The molecule has 0 aliphatic heterocycles. The van der Waals surface area contributed by atoms with Crippen molar-refractivity contribution in [3.63, 3.8) is 0 Å². The molecule has 0 spiro atoms. The summed E-state index contributed by atoms with van der Waals surface area (Å²) in [6.45, 7) is 5.67. The van der Waals surface area contributed by atoms with Gasteiger partial charge in [0.15, 0.2) is 0 Å². The number of hydrogen-bond acceptors (Lipinski definition) is 1. The normalized spacial score (nSPS) is 32.1. The highest BCUT2D eigenvalue weighted by atomic mass is 16.5. The molecule has 2 saturated carbocycles. The van der Waals surface area contributed by atoms with Crippen LogP contribution in [0.1, 0.15) is 110 Å². The second-order valence-electron chi connectivity index (χ2n) is 8.47. The van der Waals surface area contributed by atoms with Crippen LogP contribution in [0.25, 0.3) is 0 Å². The Labute approximate surface area is 146 Å². The molecule has 1 nitrogen and oxygen atoms in total. The van der Waals surface area contributed by atoms with Gasteiger partial charge in [0.1, 0.15) is 0 Å². The maximum atomic E-state index is 6.17. The summed E-state index contributed by atoms with van der Waals surface area (Å²) in [6, 6.07) is 0. The summed E-state index contributed by atoms with van der Waals surface area (Å²) in [4.78, 5) is 0. The molecule has 1 heteroatoms. The first-order valence-corrected chi connectivity index (χ1v) is 10.9. The summed E-state index contributed by atoms with van der Waals surface area (Å²) in [5, 5.41) is 0. The predicted octanol–water partition coefficient (Wildman–Crippen LogP) is 7.14. The van der Waals surface area contributed by atoms with Gasteiger partial charge in [-0.05, 0) is 56.3 Å². The molecule has 0 N–H and O–H groups in total. The van der Waals surface area contributed by atoms with Gasteiger partial charge in [0.05, 0.1) is 6.10 Å². The zero-order valence-corrected chi connectivity index (χ0v) is 16.0. The maximum absolute atomic E-state index is 6.17. The number of ether oxygens (including phenoxy) is 1. The zero-order chi connectivity index (χ0) is 16.3. The van der Waals surface area contributed by atoms with Crippen molar-refractivity contribution in [2.45, 2.75) is 116 Å². The molecule has 0 unspecified atom stereocenters. The van der Waals surface area contributed by atoms with E-state index in [9.17, 15) is 0 Å². The highest BCUT2D eigenvalue weighted by molar-refractivity contribution is 4.74. The molecule has 0 aromatic carbocycles. The monoisotopic (exact) mass is 322 g/mol. The van der Waals surface area contributed by atoms with E-state index in [1.165, 1.54) is 96.3 Å². The van der Waals surface area contributed by atoms with Crippen molar-refractivity contribution in [2.75, 3.05) is 6.61 Å². The van der Waals surface area contributed by atoms with E-state index in [-0.39, 0.29) is 0 Å². The fourth-order valence-corrected chi connectivity index (χ4v) is 4.92. The smallest absolute Gasteiger partial charge is 0.0575 e. The van der Waals surface area contributed by atoms with Crippen LogP contribution in [0, 0.1) is 17.8 Å². The van der Waals surface area contributed by atoms with Gasteiger partial charge in [-0.25, -0.2) is 0 Å². The highest BCUT2D eigenvalue weighted by Gasteiger charge is 2.22. The SMILES string of the molecule is CCCC[C@H]1CC[C@H](CCCOC2CCC(CCC)CC2)CC1. The van der Waals surface area contributed by atoms with Crippen LogP contribution in [0.2, 0.25) is 0 Å². The molecule has 0 aromatic heterocycles. The topological polar surface area (TPSA) is 9.23 Å². The van der Waals surface area contributed by atoms with E-state index in [0.29, 0.717) is 6.10 Å². The summed E-state index contributed by atoms with van der Waals surface area (Å²) in [6.07, 6.45) is 21.9. The van der Waals surface area contributed by atoms with Gasteiger partial charge in [-0.15, -0.1) is 0 Å². The Morgan fingerprint density at radius 1 is 0.609 bits per heavy atom. The quantitative estimate of drug-likeness (QED) is 0.388. The summed E-state index contributed by atoms with van der Waals surface area (Å²) < 4.78 is 6.17. The first-order chi connectivity index (χ1) is 11.3. The summed E-state index contributed by atoms with van der Waals surface area (Å²) in [5.74, 6) is 3.07. The van der Waals surface area contributed by atoms with E-state index in [2.05, 4.69) is 13.8 Å². The van der Waals surface area contributed by atoms with Gasteiger partial charge < -0.3 is 4.74 Å². The predicted molar refractivity (Wildman–Crippen MR) is 101 cm³/mol. The third-order valence-electron chi connectivity index (χ3n) is 6.53. The molecular formula is C22H42O. The van der Waals surface area contributed by atoms with Crippen LogP contribution in [0.15, 0.2) is 0 Å². The molecule has 0 heterocycles. The van der Waals surface area contributed by atoms with Crippen LogP contribution in [0.3, 0.4) is 0 Å². The van der Waals surface area contributed by atoms with E-state index in [1.54, 1.807) is 0 Å². The molecule has 0 atom stereocenters. The molecule has 2 fully saturated rings. The largest absolute Gasteiger partial charge is 0.378 e. The third-order valence-corrected chi connectivity index (χ3v) is 6.53. The van der Waals surface area contributed by atoms with Crippen molar-refractivity contribution in [2.24, 2.45) is 17.8 Å². The van der Waals surface area contributed by atoms with Crippen molar-refractivity contribution in [3.8, 4) is 0 Å². The molecule has 23 heavy (non-hydrogen) atoms. The lowest BCUT2D eigenvalue weighted by molar-refractivity contribution is 0.0133. The standard InChI is InChI=1S/C22H42O/c1-3-5-8-20-10-12-21(13-11-20)9-6-18-23-22-16-14-19(7-4-2)15-17-22/h19-22H,3-18H2,1-2H3/t19?,20-,21-,22?. The Hall–Kier alpha value is -0.0400. The van der Waals surface area contributed by atoms with Crippen molar-refractivity contribution >= 4 is 0 Å². The Kier molecular flexibility index (Phi) is 9.65. The molecule has 2 aliphatic carbocycles. The van der Waals surface area contributed by atoms with Crippen molar-refractivity contribution in [3.05, 3.63) is 0 Å². The van der Waals surface area contributed by atoms with Crippen LogP contribution in [0.5, 0.6) is 0 Å². The van der Waals surface area contributed by atoms with Crippen molar-refractivity contribution < 1.29 is 4.74 Å². The minimum atomic E-state index is 0.591. The Morgan fingerprint density at radius 2 is 1.13 bits per heavy atom. The van der Waals surface area contributed by atoms with Crippen molar-refractivity contribution in [1.82, 2.24) is 0 Å². The zero-order valence-electron chi connectivity index (χ0n) is 16.0. The molecule has 2 aliphatic rings. The lowest BCUT2D eigenvalue weighted by atomic mass is 9.78. The maximum Gasteiger partial charge on any atom is 0.0575 e. The van der Waals surface area contributed by atoms with E-state index in [0.717, 1.165) is 24.4 Å². The van der Waals surface area contributed by atoms with E-state index in [1.807, 2.05) is 0 Å².